The highest BCUT2D eigenvalue weighted by Gasteiger charge is 2.61. The van der Waals surface area contributed by atoms with Crippen LogP contribution in [0.15, 0.2) is 36.4 Å². The van der Waals surface area contributed by atoms with E-state index in [4.69, 9.17) is 33.0 Å². The van der Waals surface area contributed by atoms with Crippen LogP contribution in [0.4, 0.5) is 0 Å². The van der Waals surface area contributed by atoms with Crippen LogP contribution >= 0.6 is 0 Å². The number of esters is 4. The molecule has 49 heavy (non-hydrogen) atoms. The first-order valence-corrected chi connectivity index (χ1v) is 16.4. The van der Waals surface area contributed by atoms with Gasteiger partial charge in [-0.25, -0.2) is 0 Å². The maximum absolute atomic E-state index is 12.7. The van der Waals surface area contributed by atoms with E-state index in [0.29, 0.717) is 11.9 Å². The average Bonchev–Trinajstić information content (AvgIpc) is 3.22. The molecule has 0 aromatic heterocycles. The quantitative estimate of drug-likeness (QED) is 0.222. The number of ether oxygens (including phenoxy) is 5. The summed E-state index contributed by atoms with van der Waals surface area (Å²) in [6.07, 6.45) is -4.79. The Morgan fingerprint density at radius 1 is 0.796 bits per heavy atom. The summed E-state index contributed by atoms with van der Waals surface area (Å²) >= 11 is 0. The number of benzene rings is 2. The minimum absolute atomic E-state index is 0.112. The van der Waals surface area contributed by atoms with Crippen molar-refractivity contribution in [3.05, 3.63) is 64.2 Å². The van der Waals surface area contributed by atoms with Gasteiger partial charge in [0.25, 0.3) is 0 Å². The third-order valence-electron chi connectivity index (χ3n) is 9.36. The Labute approximate surface area is 287 Å². The topological polar surface area (TPSA) is 153 Å². The van der Waals surface area contributed by atoms with Crippen LogP contribution in [0.2, 0.25) is 0 Å². The van der Waals surface area contributed by atoms with E-state index < -0.39 is 79.0 Å². The van der Waals surface area contributed by atoms with Crippen LogP contribution in [-0.2, 0) is 70.8 Å². The molecule has 0 saturated carbocycles. The summed E-state index contributed by atoms with van der Waals surface area (Å²) < 4.78 is 41.1. The number of carbonyl (C=O) groups excluding carboxylic acids is 4. The van der Waals surface area contributed by atoms with E-state index in [0.717, 1.165) is 43.9 Å². The summed E-state index contributed by atoms with van der Waals surface area (Å²) in [6, 6.07) is 11.5. The molecule has 2 fully saturated rings. The van der Waals surface area contributed by atoms with Gasteiger partial charge in [0.15, 0.2) is 12.2 Å². The summed E-state index contributed by atoms with van der Waals surface area (Å²) in [5.41, 5.74) is 3.08. The summed E-state index contributed by atoms with van der Waals surface area (Å²) in [4.78, 5) is 49.2. The molecule has 2 aliphatic heterocycles. The first-order valence-electron chi connectivity index (χ1n) is 16.4. The van der Waals surface area contributed by atoms with Gasteiger partial charge in [0.2, 0.25) is 11.9 Å². The zero-order valence-electron chi connectivity index (χ0n) is 29.9. The molecule has 0 spiro atoms. The summed E-state index contributed by atoms with van der Waals surface area (Å²) in [5.74, 6) is -5.62. The highest BCUT2D eigenvalue weighted by molar-refractivity contribution is 6.62. The number of carbonyl (C=O) groups is 4. The summed E-state index contributed by atoms with van der Waals surface area (Å²) in [6.45, 7) is 15.8. The molecule has 12 nitrogen and oxygen atoms in total. The van der Waals surface area contributed by atoms with Crippen molar-refractivity contribution < 1.29 is 57.3 Å². The van der Waals surface area contributed by atoms with Crippen LogP contribution in [0.3, 0.4) is 0 Å². The Morgan fingerprint density at radius 3 is 1.84 bits per heavy atom. The predicted octanol–water partition coefficient (Wildman–Crippen LogP) is 3.35. The third-order valence-corrected chi connectivity index (χ3v) is 9.36. The normalized spacial score (nSPS) is 25.7. The van der Waals surface area contributed by atoms with Gasteiger partial charge in [-0.05, 0) is 81.2 Å². The zero-order chi connectivity index (χ0) is 36.5. The van der Waals surface area contributed by atoms with Crippen molar-refractivity contribution in [1.29, 1.82) is 0 Å². The lowest BCUT2D eigenvalue weighted by Crippen LogP contribution is -2.66. The number of aryl methyl sites for hydroxylation is 1. The highest BCUT2D eigenvalue weighted by Crippen LogP contribution is 2.42. The van der Waals surface area contributed by atoms with Gasteiger partial charge in [0.05, 0.1) is 11.2 Å². The van der Waals surface area contributed by atoms with Gasteiger partial charge >= 0.3 is 31.0 Å². The molecule has 266 valence electrons. The van der Waals surface area contributed by atoms with Gasteiger partial charge in [-0.2, -0.15) is 0 Å². The fraction of sp³-hybridized carbons (Fsp3) is 0.556. The maximum Gasteiger partial charge on any atom is 0.495 e. The molecule has 2 heterocycles. The van der Waals surface area contributed by atoms with Crippen molar-refractivity contribution in [3.8, 4) is 0 Å². The van der Waals surface area contributed by atoms with Gasteiger partial charge in [0.1, 0.15) is 12.7 Å². The predicted molar refractivity (Wildman–Crippen MR) is 178 cm³/mol. The molecule has 0 radical (unpaired) electrons. The number of hydrogen-bond donors (Lipinski definition) is 1. The molecule has 0 aliphatic carbocycles. The Hall–Kier alpha value is -3.78. The van der Waals surface area contributed by atoms with Crippen LogP contribution in [0.1, 0.15) is 90.1 Å². The molecule has 2 aliphatic rings. The molecule has 1 unspecified atom stereocenters. The van der Waals surface area contributed by atoms with Gasteiger partial charge in [-0.1, -0.05) is 37.3 Å². The van der Waals surface area contributed by atoms with Crippen molar-refractivity contribution in [2.75, 3.05) is 6.61 Å². The van der Waals surface area contributed by atoms with Crippen molar-refractivity contribution in [3.63, 3.8) is 0 Å². The van der Waals surface area contributed by atoms with Crippen LogP contribution in [0.5, 0.6) is 0 Å². The van der Waals surface area contributed by atoms with Crippen molar-refractivity contribution in [2.45, 2.75) is 123 Å². The molecule has 2 aromatic rings. The maximum atomic E-state index is 12.7. The SMILES string of the molecule is CCc1ccc(Cc2cc(C3(O)O[C@H](COC(C)=O)[C@@H](OC(C)=O)[C@H](OC(C)=O)[C@H]3OC(C)=O)cc(B3OC(C)(C)C(C)(C)O3)c2C)cc1. The molecule has 4 rings (SSSR count). The first-order chi connectivity index (χ1) is 22.8. The molecule has 0 amide bonds. The third kappa shape index (κ3) is 8.34. The molecule has 2 saturated heterocycles. The minimum Gasteiger partial charge on any atom is -0.463 e. The average molecular weight is 683 g/mol. The van der Waals surface area contributed by atoms with Crippen molar-refractivity contribution >= 4 is 36.5 Å². The molecular formula is C36H47BO12. The zero-order valence-corrected chi connectivity index (χ0v) is 29.9. The van der Waals surface area contributed by atoms with Crippen molar-refractivity contribution in [1.82, 2.24) is 0 Å². The largest absolute Gasteiger partial charge is 0.495 e. The molecule has 13 heteroatoms. The van der Waals surface area contributed by atoms with Crippen LogP contribution in [0, 0.1) is 6.92 Å². The standard InChI is InChI=1S/C36H47BO12/c1-11-25-12-14-26(15-13-25)16-27-17-28(18-29(20(27)2)37-48-34(7,8)35(9,10)49-37)36(42)33(46-24(6)41)32(45-23(5)40)31(44-22(4)39)30(47-36)19-43-21(3)38/h12-15,17-18,30-33,42H,11,16,19H2,1-10H3/t30-,31-,32+,33-,36?/m1/s1. The Morgan fingerprint density at radius 2 is 1.33 bits per heavy atom. The van der Waals surface area contributed by atoms with E-state index in [1.165, 1.54) is 12.5 Å². The summed E-state index contributed by atoms with van der Waals surface area (Å²) in [7, 11) is -0.861. The van der Waals surface area contributed by atoms with Gasteiger partial charge in [-0.3, -0.25) is 19.2 Å². The molecule has 2 aromatic carbocycles. The summed E-state index contributed by atoms with van der Waals surface area (Å²) in [5, 5.41) is 12.7. The first kappa shape index (κ1) is 38.0. The van der Waals surface area contributed by atoms with Gasteiger partial charge in [-0.15, -0.1) is 0 Å². The lowest BCUT2D eigenvalue weighted by Gasteiger charge is -2.49. The fourth-order valence-corrected chi connectivity index (χ4v) is 6.03. The van der Waals surface area contributed by atoms with E-state index >= 15 is 0 Å². The smallest absolute Gasteiger partial charge is 0.463 e. The second-order valence-electron chi connectivity index (χ2n) is 13.6. The molecular weight excluding hydrogens is 635 g/mol. The van der Waals surface area contributed by atoms with Crippen LogP contribution in [0.25, 0.3) is 0 Å². The highest BCUT2D eigenvalue weighted by atomic mass is 16.7. The number of rotatable bonds is 10. The monoisotopic (exact) mass is 682 g/mol. The molecule has 1 N–H and O–H groups in total. The van der Waals surface area contributed by atoms with Crippen LogP contribution in [-0.4, -0.2) is 78.3 Å². The van der Waals surface area contributed by atoms with Crippen molar-refractivity contribution in [2.24, 2.45) is 0 Å². The van der Waals surface area contributed by atoms with E-state index in [1.807, 2.05) is 46.8 Å². The molecule has 5 atom stereocenters. The van der Waals surface area contributed by atoms with Gasteiger partial charge in [0, 0.05) is 33.3 Å². The second kappa shape index (κ2) is 14.6. The lowest BCUT2D eigenvalue weighted by molar-refractivity contribution is -0.360. The van der Waals surface area contributed by atoms with Crippen LogP contribution < -0.4 is 5.46 Å². The lowest BCUT2D eigenvalue weighted by atomic mass is 9.72. The second-order valence-corrected chi connectivity index (χ2v) is 13.6. The minimum atomic E-state index is -2.53. The van der Waals surface area contributed by atoms with E-state index in [2.05, 4.69) is 19.1 Å². The van der Waals surface area contributed by atoms with E-state index in [9.17, 15) is 24.3 Å². The Bertz CT molecular complexity index is 1550. The molecule has 0 bridgehead atoms. The van der Waals surface area contributed by atoms with Gasteiger partial charge < -0.3 is 38.1 Å². The number of aliphatic hydroxyl groups is 1. The van der Waals surface area contributed by atoms with E-state index in [-0.39, 0.29) is 5.56 Å². The fourth-order valence-electron chi connectivity index (χ4n) is 6.03. The Kier molecular flexibility index (Phi) is 11.3. The Balaban J connectivity index is 1.96. The number of hydrogen-bond acceptors (Lipinski definition) is 12. The van der Waals surface area contributed by atoms with E-state index in [1.54, 1.807) is 12.1 Å².